The Morgan fingerprint density at radius 1 is 1.09 bits per heavy atom. The van der Waals surface area contributed by atoms with Crippen molar-refractivity contribution in [3.8, 4) is 11.5 Å². The Morgan fingerprint density at radius 3 is 2.59 bits per heavy atom. The largest absolute Gasteiger partial charge is 0.497 e. The number of rotatable bonds is 6. The quantitative estimate of drug-likeness (QED) is 0.521. The number of allylic oxidation sites excluding steroid dienone is 4. The standard InChI is InChI=1S/C27H24ClNO3/c1-17-26(24(30)14-10-18-9-12-21(31-2)16-25(18)32-3)27(19-7-5-4-6-8-19)22-15-20(28)11-13-23(22)29-17/h4-16,22-23H,1-3H3. The highest BCUT2D eigenvalue weighted by Gasteiger charge is 2.33. The molecule has 2 unspecified atom stereocenters. The number of hydrogen-bond acceptors (Lipinski definition) is 4. The highest BCUT2D eigenvalue weighted by Crippen LogP contribution is 2.40. The molecular formula is C27H24ClNO3. The molecule has 0 saturated carbocycles. The summed E-state index contributed by atoms with van der Waals surface area (Å²) < 4.78 is 10.7. The van der Waals surface area contributed by atoms with Crippen molar-refractivity contribution in [1.29, 1.82) is 0 Å². The fourth-order valence-electron chi connectivity index (χ4n) is 4.13. The lowest BCUT2D eigenvalue weighted by atomic mass is 9.77. The van der Waals surface area contributed by atoms with Gasteiger partial charge in [0, 0.05) is 33.9 Å². The zero-order valence-electron chi connectivity index (χ0n) is 18.2. The van der Waals surface area contributed by atoms with E-state index in [-0.39, 0.29) is 17.7 Å². The fourth-order valence-corrected chi connectivity index (χ4v) is 4.34. The van der Waals surface area contributed by atoms with Crippen LogP contribution in [0.25, 0.3) is 11.6 Å². The third-order valence-electron chi connectivity index (χ3n) is 5.65. The fraction of sp³-hybridized carbons (Fsp3) is 0.185. The number of ketones is 1. The van der Waals surface area contributed by atoms with Gasteiger partial charge in [-0.3, -0.25) is 9.79 Å². The van der Waals surface area contributed by atoms with Crippen LogP contribution >= 0.6 is 11.6 Å². The van der Waals surface area contributed by atoms with Gasteiger partial charge in [-0.2, -0.15) is 0 Å². The van der Waals surface area contributed by atoms with Crippen molar-refractivity contribution in [3.63, 3.8) is 0 Å². The molecule has 2 aliphatic rings. The van der Waals surface area contributed by atoms with Crippen LogP contribution in [0.3, 0.4) is 0 Å². The predicted octanol–water partition coefficient (Wildman–Crippen LogP) is 5.89. The number of halogens is 1. The average Bonchev–Trinajstić information content (AvgIpc) is 2.82. The molecule has 4 rings (SSSR count). The van der Waals surface area contributed by atoms with Crippen LogP contribution in [0.2, 0.25) is 0 Å². The summed E-state index contributed by atoms with van der Waals surface area (Å²) in [6.07, 6.45) is 9.18. The first-order chi connectivity index (χ1) is 15.5. The van der Waals surface area contributed by atoms with E-state index in [2.05, 4.69) is 0 Å². The molecule has 0 aromatic heterocycles. The highest BCUT2D eigenvalue weighted by molar-refractivity contribution is 6.33. The van der Waals surface area contributed by atoms with Gasteiger partial charge >= 0.3 is 0 Å². The smallest absolute Gasteiger partial charge is 0.187 e. The lowest BCUT2D eigenvalue weighted by Gasteiger charge is -2.31. The van der Waals surface area contributed by atoms with Crippen LogP contribution < -0.4 is 9.47 Å². The molecule has 2 aromatic carbocycles. The summed E-state index contributed by atoms with van der Waals surface area (Å²) in [6, 6.07) is 15.4. The Kier molecular flexibility index (Phi) is 6.42. The van der Waals surface area contributed by atoms with E-state index in [4.69, 9.17) is 26.1 Å². The molecule has 1 heterocycles. The van der Waals surface area contributed by atoms with E-state index in [1.54, 1.807) is 32.4 Å². The highest BCUT2D eigenvalue weighted by atomic mass is 35.5. The van der Waals surface area contributed by atoms with Crippen molar-refractivity contribution in [2.24, 2.45) is 10.9 Å². The normalized spacial score (nSPS) is 20.0. The Bertz CT molecular complexity index is 1190. The minimum atomic E-state index is -0.111. The number of hydrogen-bond donors (Lipinski definition) is 0. The van der Waals surface area contributed by atoms with Crippen molar-refractivity contribution in [2.45, 2.75) is 13.0 Å². The molecule has 0 fully saturated rings. The summed E-state index contributed by atoms with van der Waals surface area (Å²) in [5, 5.41) is 0.653. The first-order valence-electron chi connectivity index (χ1n) is 10.4. The first kappa shape index (κ1) is 21.8. The topological polar surface area (TPSA) is 47.9 Å². The molecule has 0 radical (unpaired) electrons. The Hall–Kier alpha value is -3.37. The molecule has 2 atom stereocenters. The molecule has 2 aromatic rings. The second kappa shape index (κ2) is 9.41. The number of methoxy groups -OCH3 is 2. The minimum absolute atomic E-state index is 0.0742. The Balaban J connectivity index is 1.78. The minimum Gasteiger partial charge on any atom is -0.497 e. The van der Waals surface area contributed by atoms with Gasteiger partial charge in [0.1, 0.15) is 11.5 Å². The van der Waals surface area contributed by atoms with Gasteiger partial charge in [0.05, 0.1) is 20.3 Å². The van der Waals surface area contributed by atoms with Gasteiger partial charge in [-0.25, -0.2) is 0 Å². The number of aliphatic imine (C=N–C) groups is 1. The molecule has 162 valence electrons. The number of dihydropyridines is 1. The van der Waals surface area contributed by atoms with Crippen LogP contribution in [0.4, 0.5) is 0 Å². The predicted molar refractivity (Wildman–Crippen MR) is 130 cm³/mol. The van der Waals surface area contributed by atoms with Gasteiger partial charge in [-0.15, -0.1) is 0 Å². The van der Waals surface area contributed by atoms with E-state index in [1.807, 2.05) is 67.6 Å². The van der Waals surface area contributed by atoms with Gasteiger partial charge in [0.15, 0.2) is 5.78 Å². The maximum atomic E-state index is 13.5. The maximum Gasteiger partial charge on any atom is 0.187 e. The van der Waals surface area contributed by atoms with E-state index in [1.165, 1.54) is 0 Å². The third kappa shape index (κ3) is 4.32. The van der Waals surface area contributed by atoms with E-state index < -0.39 is 0 Å². The van der Waals surface area contributed by atoms with Crippen molar-refractivity contribution >= 4 is 34.7 Å². The van der Waals surface area contributed by atoms with Gasteiger partial charge in [0.25, 0.3) is 0 Å². The SMILES string of the molecule is COc1ccc(C=CC(=O)C2=C(c3ccccc3)C3C=C(Cl)C=CC3N=C2C)c(OC)c1. The zero-order valence-corrected chi connectivity index (χ0v) is 19.0. The molecule has 32 heavy (non-hydrogen) atoms. The van der Waals surface area contributed by atoms with Crippen molar-refractivity contribution < 1.29 is 14.3 Å². The molecule has 1 aliphatic carbocycles. The summed E-state index contributed by atoms with van der Waals surface area (Å²) in [6.45, 7) is 1.89. The van der Waals surface area contributed by atoms with Crippen LogP contribution in [0.15, 0.2) is 88.4 Å². The Morgan fingerprint density at radius 2 is 1.88 bits per heavy atom. The second-order valence-electron chi connectivity index (χ2n) is 7.60. The molecule has 0 spiro atoms. The maximum absolute atomic E-state index is 13.5. The van der Waals surface area contributed by atoms with Gasteiger partial charge in [-0.05, 0) is 48.4 Å². The lowest BCUT2D eigenvalue weighted by Crippen LogP contribution is -2.29. The van der Waals surface area contributed by atoms with Crippen LogP contribution in [0, 0.1) is 5.92 Å². The molecular weight excluding hydrogens is 422 g/mol. The molecule has 0 saturated heterocycles. The molecule has 5 heteroatoms. The molecule has 0 N–H and O–H groups in total. The van der Waals surface area contributed by atoms with E-state index in [0.29, 0.717) is 22.1 Å². The van der Waals surface area contributed by atoms with Crippen molar-refractivity contribution in [3.05, 3.63) is 94.6 Å². The number of carbonyl (C=O) groups excluding carboxylic acids is 1. The second-order valence-corrected chi connectivity index (χ2v) is 8.04. The van der Waals surface area contributed by atoms with Crippen LogP contribution in [0.5, 0.6) is 11.5 Å². The summed E-state index contributed by atoms with van der Waals surface area (Å²) in [7, 11) is 3.19. The van der Waals surface area contributed by atoms with Gasteiger partial charge in [-0.1, -0.05) is 54.1 Å². The van der Waals surface area contributed by atoms with Crippen molar-refractivity contribution in [2.75, 3.05) is 14.2 Å². The average molecular weight is 446 g/mol. The van der Waals surface area contributed by atoms with Crippen LogP contribution in [-0.2, 0) is 4.79 Å². The van der Waals surface area contributed by atoms with E-state index >= 15 is 0 Å². The van der Waals surface area contributed by atoms with Crippen LogP contribution in [-0.4, -0.2) is 31.8 Å². The number of carbonyl (C=O) groups is 1. The van der Waals surface area contributed by atoms with Crippen LogP contribution in [0.1, 0.15) is 18.1 Å². The monoisotopic (exact) mass is 445 g/mol. The molecule has 0 amide bonds. The lowest BCUT2D eigenvalue weighted by molar-refractivity contribution is -0.110. The van der Waals surface area contributed by atoms with Gasteiger partial charge < -0.3 is 9.47 Å². The number of fused-ring (bicyclic) bond motifs is 1. The third-order valence-corrected chi connectivity index (χ3v) is 5.90. The number of nitrogens with zero attached hydrogens (tertiary/aromatic N) is 1. The van der Waals surface area contributed by atoms with E-state index in [0.717, 1.165) is 22.4 Å². The zero-order chi connectivity index (χ0) is 22.7. The Labute approximate surface area is 193 Å². The molecule has 0 bridgehead atoms. The van der Waals surface area contributed by atoms with Crippen molar-refractivity contribution in [1.82, 2.24) is 0 Å². The number of ether oxygens (including phenoxy) is 2. The summed E-state index contributed by atoms with van der Waals surface area (Å²) in [4.78, 5) is 18.3. The first-order valence-corrected chi connectivity index (χ1v) is 10.7. The summed E-state index contributed by atoms with van der Waals surface area (Å²) in [5.74, 6) is 1.11. The molecule has 4 nitrogen and oxygen atoms in total. The summed E-state index contributed by atoms with van der Waals surface area (Å²) in [5.41, 5.74) is 4.05. The van der Waals surface area contributed by atoms with E-state index in [9.17, 15) is 4.79 Å². The molecule has 1 aliphatic heterocycles. The number of benzene rings is 2. The summed E-state index contributed by atoms with van der Waals surface area (Å²) >= 11 is 6.33. The van der Waals surface area contributed by atoms with Gasteiger partial charge in [0.2, 0.25) is 0 Å².